The van der Waals surface area contributed by atoms with E-state index in [1.165, 1.54) is 19.8 Å². The van der Waals surface area contributed by atoms with E-state index < -0.39 is 17.0 Å². The number of hydrogen-bond donors (Lipinski definition) is 4. The molecule has 0 saturated heterocycles. The number of aromatic nitrogens is 3. The molecule has 1 aromatic carbocycles. The summed E-state index contributed by atoms with van der Waals surface area (Å²) in [6, 6.07) is 7.56. The van der Waals surface area contributed by atoms with Gasteiger partial charge in [-0.1, -0.05) is 31.5 Å². The minimum Gasteiger partial charge on any atom is -0.394 e. The highest BCUT2D eigenvalue weighted by Crippen LogP contribution is 2.32. The summed E-state index contributed by atoms with van der Waals surface area (Å²) >= 11 is 0. The number of nitrogens with zero attached hydrogens (tertiary/aromatic N) is 3. The number of imidazole rings is 1. The van der Waals surface area contributed by atoms with E-state index in [1.807, 2.05) is 42.7 Å². The van der Waals surface area contributed by atoms with Crippen LogP contribution in [0.2, 0.25) is 0 Å². The van der Waals surface area contributed by atoms with Gasteiger partial charge in [0, 0.05) is 38.2 Å². The molecule has 2 aromatic heterocycles. The first-order valence-electron chi connectivity index (χ1n) is 15.0. The molecule has 0 atom stereocenters. The molecule has 0 radical (unpaired) electrons. The number of para-hydroxylation sites is 1. The van der Waals surface area contributed by atoms with Crippen molar-refractivity contribution in [2.24, 2.45) is 0 Å². The van der Waals surface area contributed by atoms with Gasteiger partial charge < -0.3 is 34.9 Å². The van der Waals surface area contributed by atoms with Gasteiger partial charge in [0.1, 0.15) is 23.5 Å². The number of carbonyl (C=O) groups is 2. The molecule has 3 aromatic rings. The Morgan fingerprint density at radius 2 is 1.63 bits per heavy atom. The fourth-order valence-corrected chi connectivity index (χ4v) is 3.98. The average molecular weight is 604 g/mol. The number of hydrogen-bond acceptors (Lipinski definition) is 8. The standard InChI is InChI=1S/C23H31N5O4.C6H14O.C3H8O/c1-7-32-12-17-25-18-19(28(17)13-22(3,4)31)15-10-8-9-11-16(15)24-20(18)26-21(30)23(5,6)27-14(2)29;1-3-5-6-7-4-2;1-3(2)4/h8-11,31H,7,12-13H2,1-6H3,(H,27,29)(H,24,26,30);3-6H2,1-2H3;3-4H,1-2H3. The van der Waals surface area contributed by atoms with Crippen molar-refractivity contribution in [1.82, 2.24) is 19.9 Å². The van der Waals surface area contributed by atoms with Crippen molar-refractivity contribution in [3.63, 3.8) is 0 Å². The summed E-state index contributed by atoms with van der Waals surface area (Å²) in [6.45, 7) is 20.4. The van der Waals surface area contributed by atoms with Gasteiger partial charge in [-0.25, -0.2) is 9.97 Å². The number of fused-ring (bicyclic) bond motifs is 3. The predicted octanol–water partition coefficient (Wildman–Crippen LogP) is 4.96. The largest absolute Gasteiger partial charge is 0.394 e. The summed E-state index contributed by atoms with van der Waals surface area (Å²) in [4.78, 5) is 33.9. The zero-order chi connectivity index (χ0) is 32.8. The van der Waals surface area contributed by atoms with E-state index in [0.29, 0.717) is 23.5 Å². The van der Waals surface area contributed by atoms with Crippen molar-refractivity contribution in [2.45, 2.75) is 112 Å². The third-order valence-electron chi connectivity index (χ3n) is 5.78. The Morgan fingerprint density at radius 1 is 1.02 bits per heavy atom. The van der Waals surface area contributed by atoms with Crippen molar-refractivity contribution in [3.8, 4) is 0 Å². The Hall–Kier alpha value is -3.12. The molecule has 0 aliphatic rings. The zero-order valence-corrected chi connectivity index (χ0v) is 27.7. The van der Waals surface area contributed by atoms with Crippen LogP contribution in [0.4, 0.5) is 5.82 Å². The van der Waals surface area contributed by atoms with Crippen LogP contribution < -0.4 is 10.6 Å². The number of rotatable bonds is 12. The number of benzene rings is 1. The lowest BCUT2D eigenvalue weighted by Gasteiger charge is -2.24. The molecule has 11 heteroatoms. The van der Waals surface area contributed by atoms with Gasteiger partial charge in [-0.3, -0.25) is 9.59 Å². The van der Waals surface area contributed by atoms with Crippen molar-refractivity contribution in [3.05, 3.63) is 30.1 Å². The smallest absolute Gasteiger partial charge is 0.250 e. The van der Waals surface area contributed by atoms with E-state index in [1.54, 1.807) is 41.5 Å². The van der Waals surface area contributed by atoms with E-state index in [4.69, 9.17) is 19.6 Å². The van der Waals surface area contributed by atoms with E-state index in [-0.39, 0.29) is 31.0 Å². The monoisotopic (exact) mass is 603 g/mol. The summed E-state index contributed by atoms with van der Waals surface area (Å²) in [7, 11) is 0. The fraction of sp³-hybridized carbons (Fsp3) is 0.625. The zero-order valence-electron chi connectivity index (χ0n) is 27.7. The third-order valence-corrected chi connectivity index (χ3v) is 5.78. The van der Waals surface area contributed by atoms with E-state index in [9.17, 15) is 14.7 Å². The minimum absolute atomic E-state index is 0.167. The molecule has 0 saturated carbocycles. The molecule has 11 nitrogen and oxygen atoms in total. The van der Waals surface area contributed by atoms with Crippen LogP contribution in [0.5, 0.6) is 0 Å². The van der Waals surface area contributed by atoms with Gasteiger partial charge in [0.15, 0.2) is 5.82 Å². The quantitative estimate of drug-likeness (QED) is 0.213. The van der Waals surface area contributed by atoms with E-state index >= 15 is 0 Å². The van der Waals surface area contributed by atoms with Crippen LogP contribution in [-0.4, -0.2) is 73.6 Å². The second kappa shape index (κ2) is 17.9. The number of anilines is 1. The molecule has 43 heavy (non-hydrogen) atoms. The van der Waals surface area contributed by atoms with E-state index in [0.717, 1.165) is 24.1 Å². The van der Waals surface area contributed by atoms with Gasteiger partial charge in [0.05, 0.1) is 23.2 Å². The maximum Gasteiger partial charge on any atom is 0.250 e. The summed E-state index contributed by atoms with van der Waals surface area (Å²) in [6.07, 6.45) is 2.27. The van der Waals surface area contributed by atoms with Crippen molar-refractivity contribution < 1.29 is 29.3 Å². The number of ether oxygens (including phenoxy) is 2. The van der Waals surface area contributed by atoms with Crippen molar-refractivity contribution in [2.75, 3.05) is 25.1 Å². The fourth-order valence-electron chi connectivity index (χ4n) is 3.98. The first-order valence-corrected chi connectivity index (χ1v) is 15.0. The molecule has 0 unspecified atom stereocenters. The first kappa shape index (κ1) is 37.9. The highest BCUT2D eigenvalue weighted by molar-refractivity contribution is 6.11. The summed E-state index contributed by atoms with van der Waals surface area (Å²) in [5.74, 6) is 0.184. The van der Waals surface area contributed by atoms with Gasteiger partial charge in [-0.15, -0.1) is 0 Å². The van der Waals surface area contributed by atoms with E-state index in [2.05, 4.69) is 22.5 Å². The molecular formula is C32H53N5O6. The molecule has 2 amide bonds. The number of unbranched alkanes of at least 4 members (excludes halogenated alkanes) is 1. The number of amides is 2. The lowest BCUT2D eigenvalue weighted by molar-refractivity contribution is -0.128. The normalized spacial score (nSPS) is 11.6. The van der Waals surface area contributed by atoms with Crippen LogP contribution in [0.25, 0.3) is 21.9 Å². The first-order chi connectivity index (χ1) is 20.1. The molecule has 4 N–H and O–H groups in total. The van der Waals surface area contributed by atoms with Crippen LogP contribution >= 0.6 is 0 Å². The molecule has 0 aliphatic carbocycles. The molecule has 242 valence electrons. The van der Waals surface area contributed by atoms with Gasteiger partial charge in [0.2, 0.25) is 5.91 Å². The van der Waals surface area contributed by atoms with Crippen LogP contribution in [0.1, 0.15) is 87.9 Å². The van der Waals surface area contributed by atoms with Gasteiger partial charge in [0.25, 0.3) is 5.91 Å². The Balaban J connectivity index is 0.000000717. The molecule has 0 fully saturated rings. The third kappa shape index (κ3) is 13.0. The van der Waals surface area contributed by atoms with Crippen LogP contribution in [-0.2, 0) is 32.2 Å². The predicted molar refractivity (Wildman–Crippen MR) is 172 cm³/mol. The maximum atomic E-state index is 13.0. The number of carbonyl (C=O) groups excluding carboxylic acids is 2. The highest BCUT2D eigenvalue weighted by atomic mass is 16.5. The highest BCUT2D eigenvalue weighted by Gasteiger charge is 2.30. The molecule has 3 rings (SSSR count). The Kier molecular flexibility index (Phi) is 15.7. The molecule has 2 heterocycles. The van der Waals surface area contributed by atoms with Crippen LogP contribution in [0.3, 0.4) is 0 Å². The summed E-state index contributed by atoms with van der Waals surface area (Å²) in [5.41, 5.74) is -0.229. The van der Waals surface area contributed by atoms with Crippen molar-refractivity contribution >= 4 is 39.6 Å². The summed E-state index contributed by atoms with van der Waals surface area (Å²) in [5, 5.41) is 24.9. The van der Waals surface area contributed by atoms with Gasteiger partial charge in [-0.05, 0) is 67.9 Å². The lowest BCUT2D eigenvalue weighted by atomic mass is 10.0. The molecular weight excluding hydrogens is 550 g/mol. The second-order valence-electron chi connectivity index (χ2n) is 11.6. The number of aliphatic hydroxyl groups excluding tert-OH is 1. The minimum atomic E-state index is -1.14. The second-order valence-corrected chi connectivity index (χ2v) is 11.6. The Labute approximate surface area is 256 Å². The Morgan fingerprint density at radius 3 is 2.16 bits per heavy atom. The molecule has 0 bridgehead atoms. The van der Waals surface area contributed by atoms with Crippen LogP contribution in [0, 0.1) is 0 Å². The number of aliphatic hydroxyl groups is 2. The number of nitrogens with one attached hydrogen (secondary N) is 2. The van der Waals surface area contributed by atoms with Crippen molar-refractivity contribution in [1.29, 1.82) is 0 Å². The topological polar surface area (TPSA) is 148 Å². The lowest BCUT2D eigenvalue weighted by Crippen LogP contribution is -2.51. The number of pyridine rings is 1. The summed E-state index contributed by atoms with van der Waals surface area (Å²) < 4.78 is 12.6. The van der Waals surface area contributed by atoms with Gasteiger partial charge >= 0.3 is 0 Å². The van der Waals surface area contributed by atoms with Crippen LogP contribution in [0.15, 0.2) is 24.3 Å². The maximum absolute atomic E-state index is 13.0. The molecule has 0 aliphatic heterocycles. The average Bonchev–Trinajstić information content (AvgIpc) is 3.24. The van der Waals surface area contributed by atoms with Gasteiger partial charge in [-0.2, -0.15) is 0 Å². The Bertz CT molecular complexity index is 1290. The molecule has 0 spiro atoms. The SMILES string of the molecule is CC(C)O.CCCCOCC.CCOCc1nc2c(NC(=O)C(C)(C)NC(C)=O)nc3ccccc3c2n1CC(C)(C)O.